The van der Waals surface area contributed by atoms with Crippen molar-refractivity contribution in [3.63, 3.8) is 0 Å². The molecule has 2 amide bonds. The average molecular weight is 325 g/mol. The number of hydrogen-bond donors (Lipinski definition) is 2. The highest BCUT2D eigenvalue weighted by Gasteiger charge is 2.31. The normalized spacial score (nSPS) is 15.0. The highest BCUT2D eigenvalue weighted by molar-refractivity contribution is 7.00. The predicted molar refractivity (Wildman–Crippen MR) is 77.9 cm³/mol. The summed E-state index contributed by atoms with van der Waals surface area (Å²) < 4.78 is 8.22. The number of anilines is 1. The molecule has 7 nitrogen and oxygen atoms in total. The number of rotatable bonds is 4. The van der Waals surface area contributed by atoms with E-state index in [1.54, 1.807) is 12.1 Å². The number of hydrogen-bond acceptors (Lipinski definition) is 7. The molecule has 0 saturated heterocycles. The number of carbonyl (C=O) groups excluding carboxylic acids is 2. The lowest BCUT2D eigenvalue weighted by Crippen LogP contribution is -2.34. The summed E-state index contributed by atoms with van der Waals surface area (Å²) in [6, 6.07) is 3.36. The molecule has 2 N–H and O–H groups in total. The van der Waals surface area contributed by atoms with Gasteiger partial charge in [-0.1, -0.05) is 11.6 Å². The van der Waals surface area contributed by atoms with E-state index < -0.39 is 11.8 Å². The molecule has 0 radical (unpaired) electrons. The van der Waals surface area contributed by atoms with Crippen LogP contribution in [0.2, 0.25) is 5.02 Å². The lowest BCUT2D eigenvalue weighted by atomic mass is 10.2. The molecule has 1 aliphatic rings. The van der Waals surface area contributed by atoms with E-state index >= 15 is 0 Å². The molecule has 0 saturated carbocycles. The fourth-order valence-corrected chi connectivity index (χ4v) is 2.73. The summed E-state index contributed by atoms with van der Waals surface area (Å²) in [7, 11) is 0. The molecule has 0 spiro atoms. The van der Waals surface area contributed by atoms with Crippen molar-refractivity contribution < 1.29 is 14.7 Å². The highest BCUT2D eigenvalue weighted by Crippen LogP contribution is 2.31. The number of amides is 2. The van der Waals surface area contributed by atoms with Crippen molar-refractivity contribution in [2.24, 2.45) is 0 Å². The Labute approximate surface area is 128 Å². The van der Waals surface area contributed by atoms with Crippen molar-refractivity contribution in [2.75, 3.05) is 18.5 Å². The number of nitrogens with one attached hydrogen (secondary N) is 1. The Morgan fingerprint density at radius 2 is 2.14 bits per heavy atom. The number of aliphatic hydroxyl groups is 1. The number of aromatic nitrogens is 2. The van der Waals surface area contributed by atoms with E-state index in [9.17, 15) is 9.59 Å². The van der Waals surface area contributed by atoms with Gasteiger partial charge in [0, 0.05) is 6.08 Å². The van der Waals surface area contributed by atoms with Crippen molar-refractivity contribution in [1.82, 2.24) is 13.6 Å². The molecule has 21 heavy (non-hydrogen) atoms. The van der Waals surface area contributed by atoms with Gasteiger partial charge < -0.3 is 10.4 Å². The Bertz CT molecular complexity index is 773. The Kier molecular flexibility index (Phi) is 3.58. The highest BCUT2D eigenvalue weighted by atomic mass is 35.5. The fourth-order valence-electron chi connectivity index (χ4n) is 1.99. The van der Waals surface area contributed by atoms with Crippen molar-refractivity contribution in [1.29, 1.82) is 0 Å². The zero-order valence-electron chi connectivity index (χ0n) is 10.5. The first kappa shape index (κ1) is 13.9. The number of aliphatic hydroxyl groups excluding tert-OH is 1. The van der Waals surface area contributed by atoms with Gasteiger partial charge >= 0.3 is 0 Å². The molecule has 108 valence electrons. The quantitative estimate of drug-likeness (QED) is 0.815. The van der Waals surface area contributed by atoms with E-state index in [1.807, 2.05) is 0 Å². The van der Waals surface area contributed by atoms with E-state index in [1.165, 1.54) is 6.08 Å². The zero-order valence-corrected chi connectivity index (χ0v) is 12.1. The first-order chi connectivity index (χ1) is 10.1. The van der Waals surface area contributed by atoms with Crippen LogP contribution in [0, 0.1) is 0 Å². The minimum Gasteiger partial charge on any atom is -0.395 e. The molecular formula is C12H9ClN4O3S. The average Bonchev–Trinajstić information content (AvgIpc) is 3.03. The second-order valence-corrected chi connectivity index (χ2v) is 5.19. The summed E-state index contributed by atoms with van der Waals surface area (Å²) in [6.45, 7) is -0.333. The SMILES string of the molecule is O=C1C=C(Nc2c(Cl)ccc3nsnc23)C(=O)N1CCO. The predicted octanol–water partition coefficient (Wildman–Crippen LogP) is 1.00. The molecule has 1 aromatic heterocycles. The second-order valence-electron chi connectivity index (χ2n) is 4.26. The minimum absolute atomic E-state index is 0.0461. The van der Waals surface area contributed by atoms with Gasteiger partial charge in [0.25, 0.3) is 11.8 Å². The maximum absolute atomic E-state index is 12.1. The lowest BCUT2D eigenvalue weighted by molar-refractivity contribution is -0.137. The molecule has 1 aromatic carbocycles. The Balaban J connectivity index is 1.95. The smallest absolute Gasteiger partial charge is 0.277 e. The van der Waals surface area contributed by atoms with Crippen LogP contribution in [0.1, 0.15) is 0 Å². The van der Waals surface area contributed by atoms with E-state index in [2.05, 4.69) is 14.1 Å². The van der Waals surface area contributed by atoms with Crippen LogP contribution in [0.4, 0.5) is 5.69 Å². The third-order valence-corrected chi connectivity index (χ3v) is 3.83. The van der Waals surface area contributed by atoms with Crippen molar-refractivity contribution in [3.05, 3.63) is 28.9 Å². The van der Waals surface area contributed by atoms with Crippen LogP contribution in [0.25, 0.3) is 11.0 Å². The molecule has 3 rings (SSSR count). The Hall–Kier alpha value is -2.03. The van der Waals surface area contributed by atoms with Crippen LogP contribution in [0.15, 0.2) is 23.9 Å². The number of benzene rings is 1. The molecule has 0 bridgehead atoms. The van der Waals surface area contributed by atoms with Gasteiger partial charge in [0.2, 0.25) is 0 Å². The number of fused-ring (bicyclic) bond motifs is 1. The fraction of sp³-hybridized carbons (Fsp3) is 0.167. The first-order valence-electron chi connectivity index (χ1n) is 5.98. The monoisotopic (exact) mass is 324 g/mol. The van der Waals surface area contributed by atoms with Gasteiger partial charge in [-0.05, 0) is 12.1 Å². The molecule has 2 aromatic rings. The summed E-state index contributed by atoms with van der Waals surface area (Å²) in [5.74, 6) is -0.985. The Morgan fingerprint density at radius 3 is 2.90 bits per heavy atom. The van der Waals surface area contributed by atoms with Gasteiger partial charge in [-0.3, -0.25) is 14.5 Å². The standard InChI is InChI=1S/C12H9ClN4O3S/c13-6-1-2-7-11(16-21-15-7)10(6)14-8-5-9(19)17(3-4-18)12(8)20/h1-2,5,14,18H,3-4H2. The van der Waals surface area contributed by atoms with Gasteiger partial charge in [-0.15, -0.1) is 0 Å². The molecule has 0 fully saturated rings. The summed E-state index contributed by atoms with van der Waals surface area (Å²) in [5.41, 5.74) is 1.71. The Morgan fingerprint density at radius 1 is 1.33 bits per heavy atom. The van der Waals surface area contributed by atoms with E-state index in [0.29, 0.717) is 21.7 Å². The van der Waals surface area contributed by atoms with Gasteiger partial charge in [-0.25, -0.2) is 0 Å². The van der Waals surface area contributed by atoms with Gasteiger partial charge in [0.15, 0.2) is 0 Å². The van der Waals surface area contributed by atoms with Gasteiger partial charge in [0.1, 0.15) is 16.7 Å². The summed E-state index contributed by atoms with van der Waals surface area (Å²) in [5, 5.41) is 12.1. The van der Waals surface area contributed by atoms with Crippen LogP contribution in [-0.4, -0.2) is 43.7 Å². The van der Waals surface area contributed by atoms with Crippen LogP contribution >= 0.6 is 23.3 Å². The molecule has 1 aliphatic heterocycles. The molecule has 0 aliphatic carbocycles. The lowest BCUT2D eigenvalue weighted by Gasteiger charge is -2.14. The largest absolute Gasteiger partial charge is 0.395 e. The number of nitrogens with zero attached hydrogens (tertiary/aromatic N) is 3. The summed E-state index contributed by atoms with van der Waals surface area (Å²) >= 11 is 7.15. The topological polar surface area (TPSA) is 95.4 Å². The van der Waals surface area contributed by atoms with Crippen LogP contribution < -0.4 is 5.32 Å². The number of carbonyl (C=O) groups is 2. The maximum Gasteiger partial charge on any atom is 0.277 e. The van der Waals surface area contributed by atoms with Crippen LogP contribution in [-0.2, 0) is 9.59 Å². The summed E-state index contributed by atoms with van der Waals surface area (Å²) in [6.07, 6.45) is 1.17. The van der Waals surface area contributed by atoms with Crippen molar-refractivity contribution in [3.8, 4) is 0 Å². The van der Waals surface area contributed by atoms with Crippen molar-refractivity contribution in [2.45, 2.75) is 0 Å². The second kappa shape index (κ2) is 5.40. The third kappa shape index (κ3) is 2.37. The molecule has 2 heterocycles. The van der Waals surface area contributed by atoms with E-state index in [4.69, 9.17) is 16.7 Å². The zero-order chi connectivity index (χ0) is 15.0. The van der Waals surface area contributed by atoms with Crippen LogP contribution in [0.5, 0.6) is 0 Å². The number of halogens is 1. The van der Waals surface area contributed by atoms with E-state index in [0.717, 1.165) is 16.6 Å². The van der Waals surface area contributed by atoms with Crippen molar-refractivity contribution >= 4 is 51.9 Å². The third-order valence-electron chi connectivity index (χ3n) is 2.97. The maximum atomic E-state index is 12.1. The molecule has 9 heteroatoms. The van der Waals surface area contributed by atoms with E-state index in [-0.39, 0.29) is 18.8 Å². The molecule has 0 atom stereocenters. The first-order valence-corrected chi connectivity index (χ1v) is 7.09. The number of β-amino-alcohol motifs (C(OH)–C–C–N with tert-alkyl or cyclic N) is 1. The van der Waals surface area contributed by atoms with Crippen LogP contribution in [0.3, 0.4) is 0 Å². The molecular weight excluding hydrogens is 316 g/mol. The van der Waals surface area contributed by atoms with Gasteiger partial charge in [0.05, 0.1) is 35.6 Å². The molecule has 0 unspecified atom stereocenters. The number of imide groups is 1. The summed E-state index contributed by atoms with van der Waals surface area (Å²) in [4.78, 5) is 24.7. The minimum atomic E-state index is -0.509. The van der Waals surface area contributed by atoms with Gasteiger partial charge in [-0.2, -0.15) is 8.75 Å².